The minimum Gasteiger partial charge on any atom is -0.295 e. The molecule has 0 aromatic heterocycles. The van der Waals surface area contributed by atoms with Crippen LogP contribution in [0.1, 0.15) is 74.4 Å². The largest absolute Gasteiger partial charge is 0.295 e. The lowest BCUT2D eigenvalue weighted by Crippen LogP contribution is -1.98. The lowest BCUT2D eigenvalue weighted by Gasteiger charge is -2.14. The van der Waals surface area contributed by atoms with Crippen LogP contribution in [0.4, 0.5) is 0 Å². The highest BCUT2D eigenvalue weighted by Gasteiger charge is 2.16. The van der Waals surface area contributed by atoms with Crippen molar-refractivity contribution in [1.82, 2.24) is 0 Å². The zero-order chi connectivity index (χ0) is 13.8. The number of aryl methyl sites for hydroxylation is 1. The van der Waals surface area contributed by atoms with Crippen LogP contribution in [0.2, 0.25) is 0 Å². The molecule has 0 aliphatic heterocycles. The molecule has 0 N–H and O–H groups in total. The molecule has 1 nitrogen and oxygen atoms in total. The first-order chi connectivity index (χ1) is 9.17. The Balaban J connectivity index is 2.55. The van der Waals surface area contributed by atoms with Crippen molar-refractivity contribution in [2.75, 3.05) is 0 Å². The van der Waals surface area contributed by atoms with Gasteiger partial charge in [0.25, 0.3) is 0 Å². The van der Waals surface area contributed by atoms with Gasteiger partial charge in [-0.25, -0.2) is 0 Å². The predicted octanol–water partition coefficient (Wildman–Crippen LogP) is 5.19. The van der Waals surface area contributed by atoms with Crippen molar-refractivity contribution < 1.29 is 4.79 Å². The average Bonchev–Trinajstić information content (AvgIpc) is 2.57. The van der Waals surface area contributed by atoms with Crippen LogP contribution >= 0.6 is 0 Å². The Morgan fingerprint density at radius 3 is 2.63 bits per heavy atom. The van der Waals surface area contributed by atoms with E-state index >= 15 is 0 Å². The standard InChI is InChI=1S/C18H24O/c1-4-7-14-8-6-9-15-10-11-16(13(3)19)12-18(15)17(14)5-2/h10-12H,4-9H2,1-3H3. The van der Waals surface area contributed by atoms with Crippen molar-refractivity contribution in [3.05, 3.63) is 40.5 Å². The number of rotatable bonds is 4. The van der Waals surface area contributed by atoms with E-state index in [1.165, 1.54) is 42.4 Å². The third-order valence-electron chi connectivity index (χ3n) is 4.10. The molecule has 0 heterocycles. The Bertz CT molecular complexity index is 508. The Morgan fingerprint density at radius 2 is 2.00 bits per heavy atom. The molecule has 0 radical (unpaired) electrons. The number of carbonyl (C=O) groups is 1. The van der Waals surface area contributed by atoms with E-state index in [-0.39, 0.29) is 5.78 Å². The monoisotopic (exact) mass is 256 g/mol. The number of allylic oxidation sites excluding steroid dienone is 2. The molecule has 0 amide bonds. The summed E-state index contributed by atoms with van der Waals surface area (Å²) in [6, 6.07) is 6.27. The van der Waals surface area contributed by atoms with Gasteiger partial charge in [0.05, 0.1) is 0 Å². The van der Waals surface area contributed by atoms with Gasteiger partial charge in [0.1, 0.15) is 0 Å². The Hall–Kier alpha value is -1.37. The molecule has 1 aromatic carbocycles. The van der Waals surface area contributed by atoms with Crippen LogP contribution in [0.3, 0.4) is 0 Å². The second-order valence-electron chi connectivity index (χ2n) is 5.47. The summed E-state index contributed by atoms with van der Waals surface area (Å²) in [5, 5.41) is 0. The number of hydrogen-bond donors (Lipinski definition) is 0. The number of carbonyl (C=O) groups excluding carboxylic acids is 1. The third-order valence-corrected chi connectivity index (χ3v) is 4.10. The molecular weight excluding hydrogens is 232 g/mol. The van der Waals surface area contributed by atoms with E-state index in [1.807, 2.05) is 6.07 Å². The molecule has 0 unspecified atom stereocenters. The topological polar surface area (TPSA) is 17.1 Å². The maximum atomic E-state index is 11.6. The van der Waals surface area contributed by atoms with Gasteiger partial charge in [-0.15, -0.1) is 0 Å². The molecule has 0 saturated carbocycles. The molecule has 1 heteroatoms. The molecule has 0 saturated heterocycles. The van der Waals surface area contributed by atoms with E-state index in [4.69, 9.17) is 0 Å². The normalized spacial score (nSPS) is 15.1. The second kappa shape index (κ2) is 6.18. The van der Waals surface area contributed by atoms with Crippen LogP contribution in [0, 0.1) is 0 Å². The van der Waals surface area contributed by atoms with Gasteiger partial charge in [-0.2, -0.15) is 0 Å². The fourth-order valence-corrected chi connectivity index (χ4v) is 3.15. The highest BCUT2D eigenvalue weighted by molar-refractivity contribution is 5.95. The van der Waals surface area contributed by atoms with Gasteiger partial charge in [-0.3, -0.25) is 4.79 Å². The summed E-state index contributed by atoms with van der Waals surface area (Å²) >= 11 is 0. The van der Waals surface area contributed by atoms with Crippen molar-refractivity contribution in [3.8, 4) is 0 Å². The van der Waals surface area contributed by atoms with E-state index < -0.39 is 0 Å². The van der Waals surface area contributed by atoms with Crippen molar-refractivity contribution in [2.45, 2.75) is 59.3 Å². The summed E-state index contributed by atoms with van der Waals surface area (Å²) in [5.41, 5.74) is 6.73. The van der Waals surface area contributed by atoms with Gasteiger partial charge in [-0.1, -0.05) is 38.0 Å². The lowest BCUT2D eigenvalue weighted by molar-refractivity contribution is 0.101. The van der Waals surface area contributed by atoms with Crippen molar-refractivity contribution in [1.29, 1.82) is 0 Å². The van der Waals surface area contributed by atoms with Crippen molar-refractivity contribution >= 4 is 11.4 Å². The molecule has 0 bridgehead atoms. The van der Waals surface area contributed by atoms with E-state index in [0.29, 0.717) is 0 Å². The number of fused-ring (bicyclic) bond motifs is 1. The number of ketones is 1. The SMILES string of the molecule is CCCC1=C(CC)c2cc(C(C)=O)ccc2CCC1. The molecule has 0 fully saturated rings. The summed E-state index contributed by atoms with van der Waals surface area (Å²) in [6.07, 6.45) is 7.09. The van der Waals surface area contributed by atoms with Crippen LogP contribution < -0.4 is 0 Å². The molecule has 0 spiro atoms. The predicted molar refractivity (Wildman–Crippen MR) is 81.5 cm³/mol. The van der Waals surface area contributed by atoms with Gasteiger partial charge >= 0.3 is 0 Å². The van der Waals surface area contributed by atoms with Gasteiger partial charge in [0.15, 0.2) is 5.78 Å². The number of Topliss-reactive ketones (excluding diaryl/α,β-unsaturated/α-hetero) is 1. The maximum absolute atomic E-state index is 11.6. The zero-order valence-electron chi connectivity index (χ0n) is 12.4. The van der Waals surface area contributed by atoms with Gasteiger partial charge in [0.2, 0.25) is 0 Å². The lowest BCUT2D eigenvalue weighted by atomic mass is 9.91. The highest BCUT2D eigenvalue weighted by Crippen LogP contribution is 2.34. The van der Waals surface area contributed by atoms with Crippen molar-refractivity contribution in [3.63, 3.8) is 0 Å². The number of hydrogen-bond acceptors (Lipinski definition) is 1. The summed E-state index contributed by atoms with van der Waals surface area (Å²) in [4.78, 5) is 11.6. The first-order valence-electron chi connectivity index (χ1n) is 7.52. The highest BCUT2D eigenvalue weighted by atomic mass is 16.1. The first-order valence-corrected chi connectivity index (χ1v) is 7.52. The van der Waals surface area contributed by atoms with Crippen LogP contribution in [0.25, 0.3) is 5.57 Å². The van der Waals surface area contributed by atoms with Gasteiger partial charge in [-0.05, 0) is 61.8 Å². The molecule has 0 atom stereocenters. The fourth-order valence-electron chi connectivity index (χ4n) is 3.15. The first kappa shape index (κ1) is 14.0. The van der Waals surface area contributed by atoms with Crippen LogP contribution in [-0.4, -0.2) is 5.78 Å². The molecule has 19 heavy (non-hydrogen) atoms. The average molecular weight is 256 g/mol. The summed E-state index contributed by atoms with van der Waals surface area (Å²) in [6.45, 7) is 6.14. The van der Waals surface area contributed by atoms with E-state index in [1.54, 1.807) is 12.5 Å². The van der Waals surface area contributed by atoms with Gasteiger partial charge in [0, 0.05) is 5.56 Å². The summed E-state index contributed by atoms with van der Waals surface area (Å²) < 4.78 is 0. The molecule has 1 aliphatic carbocycles. The van der Waals surface area contributed by atoms with Crippen LogP contribution in [0.15, 0.2) is 23.8 Å². The molecule has 2 rings (SSSR count). The fraction of sp³-hybridized carbons (Fsp3) is 0.500. The van der Waals surface area contributed by atoms with Crippen LogP contribution in [-0.2, 0) is 6.42 Å². The second-order valence-corrected chi connectivity index (χ2v) is 5.47. The van der Waals surface area contributed by atoms with E-state index in [0.717, 1.165) is 18.4 Å². The molecular formula is C18H24O. The van der Waals surface area contributed by atoms with Crippen molar-refractivity contribution in [2.24, 2.45) is 0 Å². The zero-order valence-corrected chi connectivity index (χ0v) is 12.4. The van der Waals surface area contributed by atoms with E-state index in [2.05, 4.69) is 26.0 Å². The minimum atomic E-state index is 0.166. The smallest absolute Gasteiger partial charge is 0.159 e. The summed E-state index contributed by atoms with van der Waals surface area (Å²) in [7, 11) is 0. The van der Waals surface area contributed by atoms with Crippen LogP contribution in [0.5, 0.6) is 0 Å². The maximum Gasteiger partial charge on any atom is 0.159 e. The number of benzene rings is 1. The van der Waals surface area contributed by atoms with Gasteiger partial charge < -0.3 is 0 Å². The Kier molecular flexibility index (Phi) is 4.57. The molecule has 102 valence electrons. The molecule has 1 aliphatic rings. The molecule has 1 aromatic rings. The quantitative estimate of drug-likeness (QED) is 0.678. The Morgan fingerprint density at radius 1 is 1.21 bits per heavy atom. The van der Waals surface area contributed by atoms with E-state index in [9.17, 15) is 4.79 Å². The minimum absolute atomic E-state index is 0.166. The Labute approximate surface area is 116 Å². The summed E-state index contributed by atoms with van der Waals surface area (Å²) in [5.74, 6) is 0.166. The third kappa shape index (κ3) is 2.97.